The lowest BCUT2D eigenvalue weighted by molar-refractivity contribution is 1.51. The Morgan fingerprint density at radius 2 is 0.705 bits per heavy atom. The first-order chi connectivity index (χ1) is 21.8. The van der Waals surface area contributed by atoms with Gasteiger partial charge >= 0.3 is 0 Å². The summed E-state index contributed by atoms with van der Waals surface area (Å²) in [6.45, 7) is 0. The standard InChI is InChI=1S/C43H27N/c1-2-13-29(14-3-1)40-33-16-6-8-18-35(33)41(36-19-9-7-17-34(36)40)30-22-24-31(25-23-30)42-37-20-10-11-21-39(37)44-43-32-15-5-4-12-28(32)26-27-38(42)43/h1-27H. The van der Waals surface area contributed by atoms with E-state index in [9.17, 15) is 0 Å². The summed E-state index contributed by atoms with van der Waals surface area (Å²) in [6, 6.07) is 59.2. The average molecular weight is 558 g/mol. The Kier molecular flexibility index (Phi) is 5.57. The molecule has 0 spiro atoms. The van der Waals surface area contributed by atoms with Crippen LogP contribution in [0.2, 0.25) is 0 Å². The number of para-hydroxylation sites is 1. The monoisotopic (exact) mass is 557 g/mol. The highest BCUT2D eigenvalue weighted by Crippen LogP contribution is 2.44. The molecule has 0 saturated carbocycles. The number of benzene rings is 8. The fourth-order valence-electron chi connectivity index (χ4n) is 7.10. The fourth-order valence-corrected chi connectivity index (χ4v) is 7.10. The van der Waals surface area contributed by atoms with Gasteiger partial charge in [-0.3, -0.25) is 0 Å². The van der Waals surface area contributed by atoms with E-state index < -0.39 is 0 Å². The van der Waals surface area contributed by atoms with Gasteiger partial charge in [-0.25, -0.2) is 4.98 Å². The van der Waals surface area contributed by atoms with Gasteiger partial charge in [0.25, 0.3) is 0 Å². The van der Waals surface area contributed by atoms with E-state index in [2.05, 4.69) is 164 Å². The molecule has 9 aromatic rings. The van der Waals surface area contributed by atoms with Crippen molar-refractivity contribution in [3.8, 4) is 33.4 Å². The van der Waals surface area contributed by atoms with Crippen LogP contribution in [0.3, 0.4) is 0 Å². The van der Waals surface area contributed by atoms with Crippen LogP contribution in [0, 0.1) is 0 Å². The smallest absolute Gasteiger partial charge is 0.0794 e. The van der Waals surface area contributed by atoms with Gasteiger partial charge in [-0.1, -0.05) is 158 Å². The van der Waals surface area contributed by atoms with Crippen LogP contribution in [-0.2, 0) is 0 Å². The summed E-state index contributed by atoms with van der Waals surface area (Å²) in [7, 11) is 0. The molecule has 1 heteroatoms. The first kappa shape index (κ1) is 24.8. The number of hydrogen-bond donors (Lipinski definition) is 0. The third-order valence-corrected chi connectivity index (χ3v) is 9.03. The van der Waals surface area contributed by atoms with Crippen molar-refractivity contribution in [3.63, 3.8) is 0 Å². The third kappa shape index (κ3) is 3.76. The van der Waals surface area contributed by atoms with E-state index >= 15 is 0 Å². The second kappa shape index (κ2) is 9.90. The summed E-state index contributed by atoms with van der Waals surface area (Å²) in [6.07, 6.45) is 0. The molecule has 1 aromatic heterocycles. The SMILES string of the molecule is c1ccc(-c2c3ccccc3c(-c3ccc(-c4c5ccccc5nc5c4ccc4ccccc45)cc3)c3ccccc23)cc1. The minimum Gasteiger partial charge on any atom is -0.247 e. The maximum atomic E-state index is 5.16. The lowest BCUT2D eigenvalue weighted by atomic mass is 9.85. The molecule has 0 N–H and O–H groups in total. The van der Waals surface area contributed by atoms with Gasteiger partial charge in [0.15, 0.2) is 0 Å². The molecule has 8 aromatic carbocycles. The quantitative estimate of drug-likeness (QED) is 0.155. The van der Waals surface area contributed by atoms with Crippen LogP contribution >= 0.6 is 0 Å². The van der Waals surface area contributed by atoms with E-state index in [1.54, 1.807) is 0 Å². The van der Waals surface area contributed by atoms with Crippen LogP contribution < -0.4 is 0 Å². The number of rotatable bonds is 3. The topological polar surface area (TPSA) is 12.9 Å². The van der Waals surface area contributed by atoms with Crippen LogP contribution in [0.25, 0.3) is 87.5 Å². The molecule has 0 fully saturated rings. The van der Waals surface area contributed by atoms with E-state index in [4.69, 9.17) is 4.98 Å². The van der Waals surface area contributed by atoms with Crippen LogP contribution in [0.1, 0.15) is 0 Å². The van der Waals surface area contributed by atoms with Crippen LogP contribution in [0.5, 0.6) is 0 Å². The molecule has 0 atom stereocenters. The van der Waals surface area contributed by atoms with Gasteiger partial charge in [0.05, 0.1) is 11.0 Å². The lowest BCUT2D eigenvalue weighted by Crippen LogP contribution is -1.92. The maximum Gasteiger partial charge on any atom is 0.0794 e. The highest BCUT2D eigenvalue weighted by atomic mass is 14.7. The van der Waals surface area contributed by atoms with Crippen LogP contribution in [-0.4, -0.2) is 4.98 Å². The van der Waals surface area contributed by atoms with Crippen molar-refractivity contribution in [1.29, 1.82) is 0 Å². The molecule has 0 saturated heterocycles. The van der Waals surface area contributed by atoms with Gasteiger partial charge in [-0.2, -0.15) is 0 Å². The summed E-state index contributed by atoms with van der Waals surface area (Å²) >= 11 is 0. The minimum absolute atomic E-state index is 1.02. The highest BCUT2D eigenvalue weighted by molar-refractivity contribution is 6.22. The normalized spacial score (nSPS) is 11.6. The Balaban J connectivity index is 1.30. The fraction of sp³-hybridized carbons (Fsp3) is 0. The van der Waals surface area contributed by atoms with E-state index in [1.807, 2.05) is 0 Å². The van der Waals surface area contributed by atoms with Crippen molar-refractivity contribution in [2.45, 2.75) is 0 Å². The second-order valence-corrected chi connectivity index (χ2v) is 11.5. The van der Waals surface area contributed by atoms with Gasteiger partial charge in [0, 0.05) is 21.7 Å². The molecule has 9 rings (SSSR count). The molecule has 1 nitrogen and oxygen atoms in total. The van der Waals surface area contributed by atoms with Gasteiger partial charge in [-0.05, 0) is 60.8 Å². The van der Waals surface area contributed by atoms with Gasteiger partial charge < -0.3 is 0 Å². The summed E-state index contributed by atoms with van der Waals surface area (Å²) < 4.78 is 0. The zero-order chi connectivity index (χ0) is 29.0. The predicted molar refractivity (Wildman–Crippen MR) is 188 cm³/mol. The Morgan fingerprint density at radius 3 is 1.30 bits per heavy atom. The first-order valence-electron chi connectivity index (χ1n) is 15.1. The van der Waals surface area contributed by atoms with E-state index in [-0.39, 0.29) is 0 Å². The minimum atomic E-state index is 1.02. The number of nitrogens with zero attached hydrogens (tertiary/aromatic N) is 1. The predicted octanol–water partition coefficient (Wildman–Crippen LogP) is 11.8. The third-order valence-electron chi connectivity index (χ3n) is 9.03. The van der Waals surface area contributed by atoms with Crippen molar-refractivity contribution in [2.24, 2.45) is 0 Å². The number of aromatic nitrogens is 1. The van der Waals surface area contributed by atoms with Crippen molar-refractivity contribution >= 4 is 54.1 Å². The van der Waals surface area contributed by atoms with Gasteiger partial charge in [0.1, 0.15) is 0 Å². The summed E-state index contributed by atoms with van der Waals surface area (Å²) in [5.74, 6) is 0. The molecule has 0 aliphatic heterocycles. The zero-order valence-electron chi connectivity index (χ0n) is 24.0. The molecule has 204 valence electrons. The largest absolute Gasteiger partial charge is 0.247 e. The molecule has 0 bridgehead atoms. The number of pyridine rings is 1. The number of hydrogen-bond acceptors (Lipinski definition) is 1. The molecular weight excluding hydrogens is 530 g/mol. The Labute approximate surface area is 255 Å². The molecule has 1 heterocycles. The van der Waals surface area contributed by atoms with Crippen molar-refractivity contribution in [1.82, 2.24) is 4.98 Å². The zero-order valence-corrected chi connectivity index (χ0v) is 24.0. The maximum absolute atomic E-state index is 5.16. The van der Waals surface area contributed by atoms with E-state index in [1.165, 1.54) is 76.5 Å². The van der Waals surface area contributed by atoms with Gasteiger partial charge in [-0.15, -0.1) is 0 Å². The molecule has 44 heavy (non-hydrogen) atoms. The molecule has 0 unspecified atom stereocenters. The summed E-state index contributed by atoms with van der Waals surface area (Å²) in [5.41, 5.74) is 9.52. The Morgan fingerprint density at radius 1 is 0.273 bits per heavy atom. The Bertz CT molecular complexity index is 2470. The lowest BCUT2D eigenvalue weighted by Gasteiger charge is -2.18. The molecule has 0 radical (unpaired) electrons. The molecule has 0 aliphatic rings. The van der Waals surface area contributed by atoms with Crippen LogP contribution in [0.15, 0.2) is 164 Å². The second-order valence-electron chi connectivity index (χ2n) is 11.5. The summed E-state index contributed by atoms with van der Waals surface area (Å²) in [5, 5.41) is 9.83. The highest BCUT2D eigenvalue weighted by Gasteiger charge is 2.17. The van der Waals surface area contributed by atoms with Crippen molar-refractivity contribution in [2.75, 3.05) is 0 Å². The molecular formula is C43H27N. The Hall–Kier alpha value is -5.79. The van der Waals surface area contributed by atoms with Crippen molar-refractivity contribution in [3.05, 3.63) is 164 Å². The van der Waals surface area contributed by atoms with E-state index in [0.29, 0.717) is 0 Å². The first-order valence-corrected chi connectivity index (χ1v) is 15.1. The van der Waals surface area contributed by atoms with E-state index in [0.717, 1.165) is 11.0 Å². The summed E-state index contributed by atoms with van der Waals surface area (Å²) in [4.78, 5) is 5.16. The molecule has 0 aliphatic carbocycles. The number of fused-ring (bicyclic) bond motifs is 6. The van der Waals surface area contributed by atoms with Crippen molar-refractivity contribution < 1.29 is 0 Å². The average Bonchev–Trinajstić information content (AvgIpc) is 3.10. The van der Waals surface area contributed by atoms with Gasteiger partial charge in [0.2, 0.25) is 0 Å². The van der Waals surface area contributed by atoms with Crippen LogP contribution in [0.4, 0.5) is 0 Å². The molecule has 0 amide bonds.